The summed E-state index contributed by atoms with van der Waals surface area (Å²) in [5, 5.41) is 5.35. The summed E-state index contributed by atoms with van der Waals surface area (Å²) in [5.74, 6) is 2.23. The molecule has 6 heteroatoms. The Kier molecular flexibility index (Phi) is 4.26. The van der Waals surface area contributed by atoms with Gasteiger partial charge >= 0.3 is 0 Å². The van der Waals surface area contributed by atoms with E-state index in [0.717, 1.165) is 33.1 Å². The van der Waals surface area contributed by atoms with Crippen molar-refractivity contribution in [1.29, 1.82) is 0 Å². The van der Waals surface area contributed by atoms with Crippen LogP contribution in [-0.4, -0.2) is 21.0 Å². The van der Waals surface area contributed by atoms with Crippen LogP contribution in [0.5, 0.6) is 0 Å². The lowest BCUT2D eigenvalue weighted by Gasteiger charge is -2.09. The number of fused-ring (bicyclic) bond motifs is 1. The first-order valence-electron chi connectivity index (χ1n) is 9.01. The molecule has 134 valence electrons. The Morgan fingerprint density at radius 2 is 1.78 bits per heavy atom. The summed E-state index contributed by atoms with van der Waals surface area (Å²) in [6, 6.07) is 18.6. The van der Waals surface area contributed by atoms with E-state index in [1.165, 1.54) is 12.8 Å². The first-order valence-corrected chi connectivity index (χ1v) is 10.00. The molecule has 2 aromatic carbocycles. The minimum Gasteiger partial charge on any atom is -0.444 e. The molecule has 5 rings (SSSR count). The van der Waals surface area contributed by atoms with Crippen LogP contribution in [0.4, 0.5) is 5.82 Å². The number of hydrogen-bond acceptors (Lipinski definition) is 6. The highest BCUT2D eigenvalue weighted by Crippen LogP contribution is 2.30. The molecule has 2 heterocycles. The number of nitrogens with zero attached hydrogens (tertiary/aromatic N) is 3. The van der Waals surface area contributed by atoms with Crippen molar-refractivity contribution < 1.29 is 4.42 Å². The van der Waals surface area contributed by atoms with Crippen LogP contribution in [0.25, 0.3) is 22.4 Å². The molecule has 4 aromatic rings. The van der Waals surface area contributed by atoms with E-state index in [-0.39, 0.29) is 0 Å². The van der Waals surface area contributed by atoms with Gasteiger partial charge in [-0.15, -0.1) is 0 Å². The van der Waals surface area contributed by atoms with E-state index in [9.17, 15) is 0 Å². The van der Waals surface area contributed by atoms with Crippen molar-refractivity contribution in [1.82, 2.24) is 15.0 Å². The van der Waals surface area contributed by atoms with Crippen molar-refractivity contribution >= 4 is 28.5 Å². The fraction of sp³-hybridized carbons (Fsp3) is 0.190. The van der Waals surface area contributed by atoms with Gasteiger partial charge < -0.3 is 9.73 Å². The summed E-state index contributed by atoms with van der Waals surface area (Å²) in [6.07, 6.45) is 4.13. The van der Waals surface area contributed by atoms with Gasteiger partial charge in [-0.25, -0.2) is 15.0 Å². The average Bonchev–Trinajstić information content (AvgIpc) is 3.40. The summed E-state index contributed by atoms with van der Waals surface area (Å²) < 4.78 is 5.62. The Hall–Kier alpha value is -2.86. The van der Waals surface area contributed by atoms with Gasteiger partial charge in [0.2, 0.25) is 5.89 Å². The second kappa shape index (κ2) is 7.04. The number of rotatable bonds is 6. The van der Waals surface area contributed by atoms with Gasteiger partial charge in [0.05, 0.1) is 11.2 Å². The summed E-state index contributed by atoms with van der Waals surface area (Å²) in [4.78, 5) is 14.0. The topological polar surface area (TPSA) is 63.8 Å². The van der Waals surface area contributed by atoms with E-state index in [1.807, 2.05) is 48.5 Å². The lowest BCUT2D eigenvalue weighted by molar-refractivity contribution is 0.573. The first-order chi connectivity index (χ1) is 13.3. The average molecular weight is 374 g/mol. The van der Waals surface area contributed by atoms with Crippen molar-refractivity contribution in [2.45, 2.75) is 29.8 Å². The fourth-order valence-corrected chi connectivity index (χ4v) is 3.60. The molecule has 0 unspecified atom stereocenters. The van der Waals surface area contributed by atoms with E-state index in [2.05, 4.69) is 16.4 Å². The minimum atomic E-state index is 0.546. The van der Waals surface area contributed by atoms with Gasteiger partial charge in [-0.1, -0.05) is 42.1 Å². The van der Waals surface area contributed by atoms with Gasteiger partial charge in [-0.05, 0) is 37.1 Å². The first kappa shape index (κ1) is 16.3. The van der Waals surface area contributed by atoms with Crippen molar-refractivity contribution in [3.05, 3.63) is 66.6 Å². The number of nitrogens with one attached hydrogen (secondary N) is 1. The van der Waals surface area contributed by atoms with Gasteiger partial charge in [-0.3, -0.25) is 0 Å². The van der Waals surface area contributed by atoms with Crippen LogP contribution >= 0.6 is 11.8 Å². The third kappa shape index (κ3) is 3.66. The molecule has 1 fully saturated rings. The molecule has 1 aliphatic rings. The lowest BCUT2D eigenvalue weighted by Crippen LogP contribution is -2.05. The maximum absolute atomic E-state index is 5.62. The second-order valence-electron chi connectivity index (χ2n) is 6.59. The molecular formula is C21H18N4OS. The molecule has 27 heavy (non-hydrogen) atoms. The second-order valence-corrected chi connectivity index (χ2v) is 7.53. The van der Waals surface area contributed by atoms with Crippen molar-refractivity contribution in [3.8, 4) is 11.5 Å². The molecular weight excluding hydrogens is 356 g/mol. The van der Waals surface area contributed by atoms with Crippen LogP contribution in [0.2, 0.25) is 0 Å². The van der Waals surface area contributed by atoms with E-state index in [0.29, 0.717) is 17.7 Å². The zero-order valence-corrected chi connectivity index (χ0v) is 15.4. The van der Waals surface area contributed by atoms with Crippen LogP contribution in [0.15, 0.2) is 70.4 Å². The molecule has 1 N–H and O–H groups in total. The fourth-order valence-electron chi connectivity index (χ4n) is 2.88. The predicted molar refractivity (Wildman–Crippen MR) is 108 cm³/mol. The van der Waals surface area contributed by atoms with Crippen molar-refractivity contribution in [2.24, 2.45) is 0 Å². The number of anilines is 1. The summed E-state index contributed by atoms with van der Waals surface area (Å²) in [5.41, 5.74) is 2.82. The predicted octanol–water partition coefficient (Wildman–Crippen LogP) is 5.15. The quantitative estimate of drug-likeness (QED) is 0.372. The normalized spacial score (nSPS) is 13.8. The third-order valence-electron chi connectivity index (χ3n) is 4.42. The molecule has 0 saturated heterocycles. The Morgan fingerprint density at radius 1 is 0.963 bits per heavy atom. The molecule has 0 aliphatic heterocycles. The maximum Gasteiger partial charge on any atom is 0.226 e. The zero-order valence-electron chi connectivity index (χ0n) is 14.6. The van der Waals surface area contributed by atoms with Gasteiger partial charge in [0.1, 0.15) is 12.1 Å². The molecule has 0 amide bonds. The third-order valence-corrected chi connectivity index (χ3v) is 5.30. The highest BCUT2D eigenvalue weighted by molar-refractivity contribution is 7.98. The Bertz CT molecular complexity index is 1080. The Balaban J connectivity index is 1.36. The highest BCUT2D eigenvalue weighted by atomic mass is 32.2. The van der Waals surface area contributed by atoms with Crippen LogP contribution in [0, 0.1) is 0 Å². The van der Waals surface area contributed by atoms with Crippen LogP contribution in [0.1, 0.15) is 18.5 Å². The van der Waals surface area contributed by atoms with E-state index in [4.69, 9.17) is 14.4 Å². The van der Waals surface area contributed by atoms with E-state index >= 15 is 0 Å². The zero-order chi connectivity index (χ0) is 18.1. The Morgan fingerprint density at radius 3 is 2.63 bits per heavy atom. The summed E-state index contributed by atoms with van der Waals surface area (Å²) in [7, 11) is 0. The number of aromatic nitrogens is 3. The number of thioether (sulfide) groups is 1. The number of para-hydroxylation sites is 1. The van der Waals surface area contributed by atoms with Crippen LogP contribution in [0.3, 0.4) is 0 Å². The molecule has 5 nitrogen and oxygen atoms in total. The molecule has 1 saturated carbocycles. The Labute approximate surface area is 161 Å². The summed E-state index contributed by atoms with van der Waals surface area (Å²) >= 11 is 1.57. The van der Waals surface area contributed by atoms with Gasteiger partial charge in [0.25, 0.3) is 0 Å². The minimum absolute atomic E-state index is 0.546. The lowest BCUT2D eigenvalue weighted by atomic mass is 10.2. The molecule has 2 aromatic heterocycles. The molecule has 1 aliphatic carbocycles. The largest absolute Gasteiger partial charge is 0.444 e. The maximum atomic E-state index is 5.62. The molecule has 0 spiro atoms. The highest BCUT2D eigenvalue weighted by Gasteiger charge is 2.22. The van der Waals surface area contributed by atoms with E-state index < -0.39 is 0 Å². The smallest absolute Gasteiger partial charge is 0.226 e. The monoisotopic (exact) mass is 374 g/mol. The van der Waals surface area contributed by atoms with Crippen molar-refractivity contribution in [3.63, 3.8) is 0 Å². The molecule has 0 atom stereocenters. The standard InChI is InChI=1S/C21H18N4OS/c1-2-6-14(7-3-1)20-23-16(12-26-20)13-27-21-24-18-9-5-4-8-17(18)19(25-21)22-15-10-11-15/h1-9,12,15H,10-11,13H2,(H,22,24,25). The van der Waals surface area contributed by atoms with Gasteiger partial charge in [-0.2, -0.15) is 0 Å². The molecule has 0 radical (unpaired) electrons. The van der Waals surface area contributed by atoms with Gasteiger partial charge in [0.15, 0.2) is 5.16 Å². The number of benzene rings is 2. The molecule has 0 bridgehead atoms. The number of hydrogen-bond donors (Lipinski definition) is 1. The number of oxazole rings is 1. The van der Waals surface area contributed by atoms with Crippen LogP contribution in [-0.2, 0) is 5.75 Å². The van der Waals surface area contributed by atoms with E-state index in [1.54, 1.807) is 18.0 Å². The van der Waals surface area contributed by atoms with Crippen LogP contribution < -0.4 is 5.32 Å². The SMILES string of the molecule is c1ccc(-c2nc(CSc3nc(NC4CC4)c4ccccc4n3)co2)cc1. The summed E-state index contributed by atoms with van der Waals surface area (Å²) in [6.45, 7) is 0. The van der Waals surface area contributed by atoms with Crippen molar-refractivity contribution in [2.75, 3.05) is 5.32 Å². The van der Waals surface area contributed by atoms with Gasteiger partial charge in [0, 0.05) is 22.7 Å².